The lowest BCUT2D eigenvalue weighted by Gasteiger charge is -2.21. The Morgan fingerprint density at radius 1 is 1.15 bits per heavy atom. The molecule has 0 atom stereocenters. The SMILES string of the molecule is CNC(=O)N1CCc2ccc(C(C)(C)C)cc2C(c2ccc(Cl)cc2)=N1. The van der Waals surface area contributed by atoms with Crippen LogP contribution in [0.1, 0.15) is 43.0 Å². The molecule has 136 valence electrons. The van der Waals surface area contributed by atoms with E-state index < -0.39 is 0 Å². The number of hydrogen-bond donors (Lipinski definition) is 1. The highest BCUT2D eigenvalue weighted by molar-refractivity contribution is 6.30. The van der Waals surface area contributed by atoms with Gasteiger partial charge in [-0.1, -0.05) is 56.6 Å². The first-order chi connectivity index (χ1) is 12.3. The molecule has 4 nitrogen and oxygen atoms in total. The number of hydrazone groups is 1. The summed E-state index contributed by atoms with van der Waals surface area (Å²) >= 11 is 6.06. The highest BCUT2D eigenvalue weighted by Crippen LogP contribution is 2.28. The van der Waals surface area contributed by atoms with Gasteiger partial charge in [0.2, 0.25) is 0 Å². The van der Waals surface area contributed by atoms with Gasteiger partial charge in [0.15, 0.2) is 0 Å². The van der Waals surface area contributed by atoms with Gasteiger partial charge >= 0.3 is 6.03 Å². The number of halogens is 1. The Morgan fingerprint density at radius 3 is 2.46 bits per heavy atom. The smallest absolute Gasteiger partial charge is 0.337 e. The topological polar surface area (TPSA) is 44.7 Å². The standard InChI is InChI=1S/C21H24ClN3O/c1-21(2,3)16-8-5-14-11-12-25(20(26)23-4)24-19(18(14)13-16)15-6-9-17(22)10-7-15/h5-10,13H,11-12H2,1-4H3,(H,23,26). The Hall–Kier alpha value is -2.33. The predicted molar refractivity (Wildman–Crippen MR) is 107 cm³/mol. The van der Waals surface area contributed by atoms with Crippen LogP contribution in [0.4, 0.5) is 4.79 Å². The average Bonchev–Trinajstić information content (AvgIpc) is 2.80. The van der Waals surface area contributed by atoms with Gasteiger partial charge in [-0.25, -0.2) is 9.80 Å². The summed E-state index contributed by atoms with van der Waals surface area (Å²) in [6.45, 7) is 7.13. The van der Waals surface area contributed by atoms with Crippen molar-refractivity contribution in [3.63, 3.8) is 0 Å². The van der Waals surface area contributed by atoms with Gasteiger partial charge in [-0.2, -0.15) is 5.10 Å². The maximum absolute atomic E-state index is 12.2. The third kappa shape index (κ3) is 3.75. The summed E-state index contributed by atoms with van der Waals surface area (Å²) in [5, 5.41) is 9.55. The van der Waals surface area contributed by atoms with Crippen LogP contribution < -0.4 is 5.32 Å². The number of hydrogen-bond acceptors (Lipinski definition) is 2. The van der Waals surface area contributed by atoms with Gasteiger partial charge in [-0.3, -0.25) is 0 Å². The van der Waals surface area contributed by atoms with Crippen molar-refractivity contribution in [1.82, 2.24) is 10.3 Å². The second-order valence-electron chi connectivity index (χ2n) is 7.51. The van der Waals surface area contributed by atoms with E-state index in [9.17, 15) is 4.79 Å². The lowest BCUT2D eigenvalue weighted by Crippen LogP contribution is -2.35. The summed E-state index contributed by atoms with van der Waals surface area (Å²) in [4.78, 5) is 12.2. The summed E-state index contributed by atoms with van der Waals surface area (Å²) in [5.74, 6) is 0. The van der Waals surface area contributed by atoms with Crippen LogP contribution >= 0.6 is 11.6 Å². The molecule has 1 aliphatic rings. The van der Waals surface area contributed by atoms with Crippen LogP contribution in [0, 0.1) is 0 Å². The molecule has 0 unspecified atom stereocenters. The molecule has 1 aliphatic heterocycles. The summed E-state index contributed by atoms with van der Waals surface area (Å²) in [7, 11) is 1.62. The molecule has 3 rings (SSSR count). The van der Waals surface area contributed by atoms with Crippen LogP contribution in [0.25, 0.3) is 0 Å². The van der Waals surface area contributed by atoms with Crippen molar-refractivity contribution in [2.75, 3.05) is 13.6 Å². The monoisotopic (exact) mass is 369 g/mol. The van der Waals surface area contributed by atoms with Gasteiger partial charge in [0.25, 0.3) is 0 Å². The molecule has 0 bridgehead atoms. The molecule has 26 heavy (non-hydrogen) atoms. The first-order valence-electron chi connectivity index (χ1n) is 8.77. The second kappa shape index (κ2) is 7.12. The third-order valence-electron chi connectivity index (χ3n) is 4.61. The largest absolute Gasteiger partial charge is 0.340 e. The van der Waals surface area contributed by atoms with Crippen molar-refractivity contribution in [3.8, 4) is 0 Å². The number of carbonyl (C=O) groups excluding carboxylic acids is 1. The summed E-state index contributed by atoms with van der Waals surface area (Å²) in [6, 6.07) is 13.9. The average molecular weight is 370 g/mol. The third-order valence-corrected chi connectivity index (χ3v) is 4.86. The lowest BCUT2D eigenvalue weighted by molar-refractivity contribution is 0.203. The molecule has 2 amide bonds. The zero-order valence-electron chi connectivity index (χ0n) is 15.6. The van der Waals surface area contributed by atoms with Crippen molar-refractivity contribution >= 4 is 23.3 Å². The van der Waals surface area contributed by atoms with Crippen LogP contribution in [0.5, 0.6) is 0 Å². The number of nitrogens with one attached hydrogen (secondary N) is 1. The normalized spacial score (nSPS) is 14.3. The molecule has 0 spiro atoms. The van der Waals surface area contributed by atoms with Gasteiger partial charge in [0.05, 0.1) is 12.3 Å². The van der Waals surface area contributed by atoms with Gasteiger partial charge in [-0.15, -0.1) is 0 Å². The Bertz CT molecular complexity index is 851. The summed E-state index contributed by atoms with van der Waals surface area (Å²) < 4.78 is 0. The van der Waals surface area contributed by atoms with Crippen LogP contribution in [0.15, 0.2) is 47.6 Å². The molecular formula is C21H24ClN3O. The highest BCUT2D eigenvalue weighted by Gasteiger charge is 2.23. The number of urea groups is 1. The fraction of sp³-hybridized carbons (Fsp3) is 0.333. The van der Waals surface area contributed by atoms with Crippen LogP contribution in [-0.4, -0.2) is 30.3 Å². The van der Waals surface area contributed by atoms with E-state index in [1.165, 1.54) is 16.1 Å². The Labute approximate surface area is 159 Å². The van der Waals surface area contributed by atoms with E-state index in [0.717, 1.165) is 23.3 Å². The molecule has 0 fully saturated rings. The molecule has 2 aromatic carbocycles. The first kappa shape index (κ1) is 18.5. The quantitative estimate of drug-likeness (QED) is 0.785. The van der Waals surface area contributed by atoms with Gasteiger partial charge in [0, 0.05) is 23.2 Å². The minimum absolute atomic E-state index is 0.0346. The maximum Gasteiger partial charge on any atom is 0.337 e. The molecule has 1 N–H and O–H groups in total. The van der Waals surface area contributed by atoms with Crippen LogP contribution in [0.3, 0.4) is 0 Å². The Balaban J connectivity index is 2.19. The van der Waals surface area contributed by atoms with E-state index in [1.807, 2.05) is 24.3 Å². The number of carbonyl (C=O) groups is 1. The molecule has 2 aromatic rings. The van der Waals surface area contributed by atoms with Crippen LogP contribution in [0.2, 0.25) is 5.02 Å². The summed E-state index contributed by atoms with van der Waals surface area (Å²) in [6.07, 6.45) is 0.758. The molecule has 0 aromatic heterocycles. The molecule has 0 radical (unpaired) electrons. The van der Waals surface area contributed by atoms with Gasteiger partial charge in [0.1, 0.15) is 0 Å². The number of fused-ring (bicyclic) bond motifs is 1. The zero-order valence-corrected chi connectivity index (χ0v) is 16.4. The molecule has 0 aliphatic carbocycles. The number of rotatable bonds is 1. The number of amides is 2. The Morgan fingerprint density at radius 2 is 1.85 bits per heavy atom. The fourth-order valence-corrected chi connectivity index (χ4v) is 3.16. The van der Waals surface area contributed by atoms with Crippen molar-refractivity contribution in [2.24, 2.45) is 5.10 Å². The van der Waals surface area contributed by atoms with Crippen LogP contribution in [-0.2, 0) is 11.8 Å². The van der Waals surface area contributed by atoms with E-state index in [2.05, 4.69) is 44.3 Å². The van der Waals surface area contributed by atoms with Crippen molar-refractivity contribution in [2.45, 2.75) is 32.6 Å². The Kier molecular flexibility index (Phi) is 5.05. The molecular weight excluding hydrogens is 346 g/mol. The van der Waals surface area contributed by atoms with Gasteiger partial charge < -0.3 is 5.32 Å². The van der Waals surface area contributed by atoms with E-state index in [4.69, 9.17) is 16.7 Å². The molecule has 1 heterocycles. The minimum Gasteiger partial charge on any atom is -0.340 e. The lowest BCUT2D eigenvalue weighted by atomic mass is 9.83. The first-order valence-corrected chi connectivity index (χ1v) is 9.15. The minimum atomic E-state index is -0.208. The van der Waals surface area contributed by atoms with E-state index in [-0.39, 0.29) is 11.4 Å². The van der Waals surface area contributed by atoms with Crippen molar-refractivity contribution < 1.29 is 4.79 Å². The maximum atomic E-state index is 12.2. The van der Waals surface area contributed by atoms with E-state index in [0.29, 0.717) is 11.6 Å². The second-order valence-corrected chi connectivity index (χ2v) is 7.94. The molecule has 5 heteroatoms. The highest BCUT2D eigenvalue weighted by atomic mass is 35.5. The van der Waals surface area contributed by atoms with Crippen molar-refractivity contribution in [3.05, 3.63) is 69.7 Å². The van der Waals surface area contributed by atoms with E-state index in [1.54, 1.807) is 7.05 Å². The fourth-order valence-electron chi connectivity index (χ4n) is 3.03. The number of nitrogens with zero attached hydrogens (tertiary/aromatic N) is 2. The van der Waals surface area contributed by atoms with Gasteiger partial charge in [-0.05, 0) is 41.2 Å². The van der Waals surface area contributed by atoms with Crippen molar-refractivity contribution in [1.29, 1.82) is 0 Å². The molecule has 0 saturated heterocycles. The number of benzene rings is 2. The predicted octanol–water partition coefficient (Wildman–Crippen LogP) is 4.59. The van der Waals surface area contributed by atoms with E-state index >= 15 is 0 Å². The molecule has 0 saturated carbocycles. The zero-order chi connectivity index (χ0) is 18.9. The summed E-state index contributed by atoms with van der Waals surface area (Å²) in [5.41, 5.74) is 5.28.